The SMILES string of the molecule is c1cnc(N2CCCC2)c(NCc2cscn2)c1. The predicted octanol–water partition coefficient (Wildman–Crippen LogP) is 2.75. The summed E-state index contributed by atoms with van der Waals surface area (Å²) in [6.45, 7) is 2.99. The lowest BCUT2D eigenvalue weighted by atomic mass is 10.3. The molecule has 3 rings (SSSR count). The highest BCUT2D eigenvalue weighted by Crippen LogP contribution is 2.26. The van der Waals surface area contributed by atoms with Crippen LogP contribution in [0.3, 0.4) is 0 Å². The van der Waals surface area contributed by atoms with Gasteiger partial charge in [0.05, 0.1) is 23.4 Å². The number of nitrogens with one attached hydrogen (secondary N) is 1. The average molecular weight is 260 g/mol. The second-order valence-electron chi connectivity index (χ2n) is 4.40. The van der Waals surface area contributed by atoms with E-state index < -0.39 is 0 Å². The molecular formula is C13H16N4S. The second kappa shape index (κ2) is 5.35. The maximum atomic E-state index is 4.51. The van der Waals surface area contributed by atoms with E-state index in [0.29, 0.717) is 0 Å². The molecule has 18 heavy (non-hydrogen) atoms. The summed E-state index contributed by atoms with van der Waals surface area (Å²) < 4.78 is 0. The van der Waals surface area contributed by atoms with Gasteiger partial charge in [-0.3, -0.25) is 0 Å². The number of nitrogens with zero attached hydrogens (tertiary/aromatic N) is 3. The van der Waals surface area contributed by atoms with Gasteiger partial charge in [0.15, 0.2) is 5.82 Å². The number of aromatic nitrogens is 2. The van der Waals surface area contributed by atoms with Crippen molar-refractivity contribution in [3.05, 3.63) is 34.9 Å². The summed E-state index contributed by atoms with van der Waals surface area (Å²) in [7, 11) is 0. The summed E-state index contributed by atoms with van der Waals surface area (Å²) >= 11 is 1.63. The Morgan fingerprint density at radius 1 is 1.28 bits per heavy atom. The Hall–Kier alpha value is -1.62. The van der Waals surface area contributed by atoms with Crippen LogP contribution in [0, 0.1) is 0 Å². The lowest BCUT2D eigenvalue weighted by molar-refractivity contribution is 0.933. The minimum atomic E-state index is 0.760. The molecule has 2 aromatic heterocycles. The fraction of sp³-hybridized carbons (Fsp3) is 0.385. The maximum Gasteiger partial charge on any atom is 0.151 e. The third-order valence-corrected chi connectivity index (χ3v) is 3.77. The highest BCUT2D eigenvalue weighted by atomic mass is 32.1. The smallest absolute Gasteiger partial charge is 0.151 e. The fourth-order valence-electron chi connectivity index (χ4n) is 2.23. The summed E-state index contributed by atoms with van der Waals surface area (Å²) in [4.78, 5) is 11.1. The summed E-state index contributed by atoms with van der Waals surface area (Å²) in [5, 5.41) is 5.50. The van der Waals surface area contributed by atoms with E-state index in [-0.39, 0.29) is 0 Å². The number of hydrogen-bond donors (Lipinski definition) is 1. The Morgan fingerprint density at radius 3 is 2.94 bits per heavy atom. The van der Waals surface area contributed by atoms with Crippen LogP contribution in [-0.2, 0) is 6.54 Å². The van der Waals surface area contributed by atoms with Crippen molar-refractivity contribution in [2.75, 3.05) is 23.3 Å². The van der Waals surface area contributed by atoms with Crippen LogP contribution >= 0.6 is 11.3 Å². The van der Waals surface area contributed by atoms with Gasteiger partial charge >= 0.3 is 0 Å². The molecule has 0 atom stereocenters. The molecule has 0 bridgehead atoms. The zero-order valence-electron chi connectivity index (χ0n) is 10.2. The van der Waals surface area contributed by atoms with Gasteiger partial charge in [-0.05, 0) is 25.0 Å². The van der Waals surface area contributed by atoms with Gasteiger partial charge in [-0.25, -0.2) is 9.97 Å². The average Bonchev–Trinajstić information content (AvgIpc) is 3.10. The van der Waals surface area contributed by atoms with Crippen molar-refractivity contribution in [3.63, 3.8) is 0 Å². The monoisotopic (exact) mass is 260 g/mol. The molecule has 1 N–H and O–H groups in total. The van der Waals surface area contributed by atoms with Crippen molar-refractivity contribution in [2.45, 2.75) is 19.4 Å². The van der Waals surface area contributed by atoms with E-state index >= 15 is 0 Å². The van der Waals surface area contributed by atoms with Crippen LogP contribution in [0.25, 0.3) is 0 Å². The van der Waals surface area contributed by atoms with E-state index in [1.54, 1.807) is 11.3 Å². The van der Waals surface area contributed by atoms with Crippen molar-refractivity contribution >= 4 is 22.8 Å². The topological polar surface area (TPSA) is 41.1 Å². The van der Waals surface area contributed by atoms with Gasteiger partial charge in [0.25, 0.3) is 0 Å². The van der Waals surface area contributed by atoms with Gasteiger partial charge in [0.1, 0.15) is 0 Å². The van der Waals surface area contributed by atoms with Crippen LogP contribution in [0.4, 0.5) is 11.5 Å². The van der Waals surface area contributed by atoms with E-state index in [2.05, 4.69) is 31.6 Å². The van der Waals surface area contributed by atoms with Crippen LogP contribution in [0.2, 0.25) is 0 Å². The normalized spacial score (nSPS) is 15.0. The Labute approximate surface area is 111 Å². The molecule has 4 nitrogen and oxygen atoms in total. The lowest BCUT2D eigenvalue weighted by Crippen LogP contribution is -2.20. The first-order chi connectivity index (χ1) is 8.93. The summed E-state index contributed by atoms with van der Waals surface area (Å²) in [6, 6.07) is 4.07. The third-order valence-electron chi connectivity index (χ3n) is 3.14. The molecule has 1 fully saturated rings. The summed E-state index contributed by atoms with van der Waals surface area (Å²) in [6.07, 6.45) is 4.39. The van der Waals surface area contributed by atoms with Gasteiger partial charge in [-0.1, -0.05) is 0 Å². The van der Waals surface area contributed by atoms with E-state index in [1.807, 2.05) is 17.8 Å². The molecule has 0 saturated carbocycles. The number of pyridine rings is 1. The van der Waals surface area contributed by atoms with Crippen LogP contribution in [0.5, 0.6) is 0 Å². The summed E-state index contributed by atoms with van der Waals surface area (Å²) in [5.74, 6) is 1.07. The van der Waals surface area contributed by atoms with Gasteiger partial charge in [-0.2, -0.15) is 0 Å². The van der Waals surface area contributed by atoms with E-state index in [4.69, 9.17) is 0 Å². The molecule has 0 spiro atoms. The third kappa shape index (κ3) is 2.46. The molecule has 1 aliphatic rings. The van der Waals surface area contributed by atoms with Crippen molar-refractivity contribution in [2.24, 2.45) is 0 Å². The van der Waals surface area contributed by atoms with Gasteiger partial charge in [-0.15, -0.1) is 11.3 Å². The van der Waals surface area contributed by atoms with Crippen LogP contribution in [-0.4, -0.2) is 23.1 Å². The number of hydrogen-bond acceptors (Lipinski definition) is 5. The van der Waals surface area contributed by atoms with Crippen molar-refractivity contribution in [1.29, 1.82) is 0 Å². The standard InChI is InChI=1S/C13H16N4S/c1-2-7-17(6-1)13-12(4-3-5-14-13)15-8-11-9-18-10-16-11/h3-5,9-10,15H,1-2,6-8H2. The molecule has 2 aromatic rings. The number of thiazole rings is 1. The molecule has 0 aromatic carbocycles. The largest absolute Gasteiger partial charge is 0.376 e. The first-order valence-corrected chi connectivity index (χ1v) is 7.19. The second-order valence-corrected chi connectivity index (χ2v) is 5.12. The zero-order valence-corrected chi connectivity index (χ0v) is 11.0. The molecule has 3 heterocycles. The molecule has 94 valence electrons. The minimum Gasteiger partial charge on any atom is -0.376 e. The van der Waals surface area contributed by atoms with Crippen molar-refractivity contribution in [1.82, 2.24) is 9.97 Å². The van der Waals surface area contributed by atoms with Crippen LogP contribution in [0.15, 0.2) is 29.2 Å². The van der Waals surface area contributed by atoms with Crippen LogP contribution in [0.1, 0.15) is 18.5 Å². The van der Waals surface area contributed by atoms with Crippen molar-refractivity contribution in [3.8, 4) is 0 Å². The molecular weight excluding hydrogens is 244 g/mol. The molecule has 1 aliphatic heterocycles. The lowest BCUT2D eigenvalue weighted by Gasteiger charge is -2.20. The van der Waals surface area contributed by atoms with E-state index in [1.165, 1.54) is 12.8 Å². The molecule has 0 unspecified atom stereocenters. The Bertz CT molecular complexity index is 491. The van der Waals surface area contributed by atoms with Gasteiger partial charge in [0.2, 0.25) is 0 Å². The van der Waals surface area contributed by atoms with Gasteiger partial charge in [0, 0.05) is 24.7 Å². The zero-order chi connectivity index (χ0) is 12.2. The molecule has 0 aliphatic carbocycles. The minimum absolute atomic E-state index is 0.760. The number of rotatable bonds is 4. The summed E-state index contributed by atoms with van der Waals surface area (Å²) in [5.41, 5.74) is 4.05. The molecule has 0 radical (unpaired) electrons. The fourth-order valence-corrected chi connectivity index (χ4v) is 2.78. The quantitative estimate of drug-likeness (QED) is 0.917. The molecule has 0 amide bonds. The highest BCUT2D eigenvalue weighted by molar-refractivity contribution is 7.07. The Morgan fingerprint density at radius 2 is 2.17 bits per heavy atom. The molecule has 1 saturated heterocycles. The Kier molecular flexibility index (Phi) is 3.41. The van der Waals surface area contributed by atoms with Crippen LogP contribution < -0.4 is 10.2 Å². The number of anilines is 2. The predicted molar refractivity (Wildman–Crippen MR) is 75.1 cm³/mol. The highest BCUT2D eigenvalue weighted by Gasteiger charge is 2.16. The first kappa shape index (κ1) is 11.5. The molecule has 5 heteroatoms. The van der Waals surface area contributed by atoms with Gasteiger partial charge < -0.3 is 10.2 Å². The first-order valence-electron chi connectivity index (χ1n) is 6.24. The van der Waals surface area contributed by atoms with Crippen molar-refractivity contribution < 1.29 is 0 Å². The maximum absolute atomic E-state index is 4.51. The Balaban J connectivity index is 1.74. The van der Waals surface area contributed by atoms with E-state index in [9.17, 15) is 0 Å². The van der Waals surface area contributed by atoms with E-state index in [0.717, 1.165) is 36.8 Å².